The topological polar surface area (TPSA) is 77.2 Å². The van der Waals surface area contributed by atoms with Crippen molar-refractivity contribution in [3.05, 3.63) is 23.5 Å². The normalized spacial score (nSPS) is 28.4. The molecule has 2 heterocycles. The maximum atomic E-state index is 11.8. The predicted molar refractivity (Wildman–Crippen MR) is 76.4 cm³/mol. The number of esters is 1. The quantitative estimate of drug-likeness (QED) is 0.826. The van der Waals surface area contributed by atoms with Gasteiger partial charge in [-0.2, -0.15) is 0 Å². The number of hydrogen-bond acceptors (Lipinski definition) is 5. The lowest BCUT2D eigenvalue weighted by atomic mass is 9.82. The third-order valence-corrected chi connectivity index (χ3v) is 4.36. The van der Waals surface area contributed by atoms with Gasteiger partial charge in [-0.25, -0.2) is 9.78 Å². The van der Waals surface area contributed by atoms with Gasteiger partial charge >= 0.3 is 5.97 Å². The van der Waals surface area contributed by atoms with Crippen LogP contribution in [0.1, 0.15) is 48.8 Å². The molecule has 1 saturated carbocycles. The van der Waals surface area contributed by atoms with Crippen molar-refractivity contribution in [3.8, 4) is 0 Å². The zero-order chi connectivity index (χ0) is 14.3. The van der Waals surface area contributed by atoms with Crippen LogP contribution in [-0.4, -0.2) is 23.6 Å². The van der Waals surface area contributed by atoms with E-state index in [9.17, 15) is 4.79 Å². The predicted octanol–water partition coefficient (Wildman–Crippen LogP) is 2.10. The minimum Gasteiger partial charge on any atom is -0.461 e. The Morgan fingerprint density at radius 1 is 1.55 bits per heavy atom. The standard InChI is InChI=1S/C15H21N3O2/c1-3-20-15(19)11-6-10-12(7-17-11)18-14(9-4-5-9)8(2)13(10)16/h6-9,13-14,18H,3-5,16H2,1-2H3. The number of pyridine rings is 1. The van der Waals surface area contributed by atoms with Gasteiger partial charge in [0.2, 0.25) is 0 Å². The molecule has 1 fully saturated rings. The highest BCUT2D eigenvalue weighted by Gasteiger charge is 2.41. The van der Waals surface area contributed by atoms with Crippen molar-refractivity contribution >= 4 is 11.7 Å². The molecular weight excluding hydrogens is 254 g/mol. The van der Waals surface area contributed by atoms with Gasteiger partial charge in [0.1, 0.15) is 5.69 Å². The molecule has 1 aliphatic carbocycles. The molecule has 0 radical (unpaired) electrons. The van der Waals surface area contributed by atoms with Crippen LogP contribution in [0.4, 0.5) is 5.69 Å². The van der Waals surface area contributed by atoms with Gasteiger partial charge in [0.05, 0.1) is 18.5 Å². The summed E-state index contributed by atoms with van der Waals surface area (Å²) in [6.07, 6.45) is 4.26. The van der Waals surface area contributed by atoms with Crippen molar-refractivity contribution in [2.45, 2.75) is 38.8 Å². The van der Waals surface area contributed by atoms with E-state index in [1.54, 1.807) is 19.2 Å². The first-order chi connectivity index (χ1) is 9.61. The van der Waals surface area contributed by atoms with E-state index in [0.717, 1.165) is 17.2 Å². The fourth-order valence-electron chi connectivity index (χ4n) is 3.00. The number of ether oxygens (including phenoxy) is 1. The second-order valence-electron chi connectivity index (χ2n) is 5.77. The van der Waals surface area contributed by atoms with Crippen molar-refractivity contribution in [3.63, 3.8) is 0 Å². The number of nitrogens with zero attached hydrogens (tertiary/aromatic N) is 1. The van der Waals surface area contributed by atoms with Gasteiger partial charge in [-0.1, -0.05) is 6.92 Å². The first-order valence-electron chi connectivity index (χ1n) is 7.31. The minimum absolute atomic E-state index is 0.0620. The Bertz CT molecular complexity index is 528. The molecule has 0 saturated heterocycles. The lowest BCUT2D eigenvalue weighted by molar-refractivity contribution is 0.0519. The zero-order valence-electron chi connectivity index (χ0n) is 11.9. The average molecular weight is 275 g/mol. The smallest absolute Gasteiger partial charge is 0.356 e. The van der Waals surface area contributed by atoms with E-state index in [4.69, 9.17) is 10.5 Å². The van der Waals surface area contributed by atoms with Crippen molar-refractivity contribution in [2.24, 2.45) is 17.6 Å². The second kappa shape index (κ2) is 5.05. The van der Waals surface area contributed by atoms with E-state index in [1.807, 2.05) is 0 Å². The largest absolute Gasteiger partial charge is 0.461 e. The summed E-state index contributed by atoms with van der Waals surface area (Å²) < 4.78 is 4.99. The number of nitrogens with one attached hydrogen (secondary N) is 1. The Labute approximate surface area is 118 Å². The number of carbonyl (C=O) groups excluding carboxylic acids is 1. The summed E-state index contributed by atoms with van der Waals surface area (Å²) in [5, 5.41) is 3.54. The highest BCUT2D eigenvalue weighted by atomic mass is 16.5. The van der Waals surface area contributed by atoms with Crippen LogP contribution in [0.15, 0.2) is 12.3 Å². The molecule has 108 valence electrons. The number of rotatable bonds is 3. The van der Waals surface area contributed by atoms with E-state index in [0.29, 0.717) is 24.3 Å². The van der Waals surface area contributed by atoms with E-state index < -0.39 is 0 Å². The third kappa shape index (κ3) is 2.26. The van der Waals surface area contributed by atoms with E-state index >= 15 is 0 Å². The molecule has 0 bridgehead atoms. The number of fused-ring (bicyclic) bond motifs is 1. The maximum absolute atomic E-state index is 11.8. The molecule has 20 heavy (non-hydrogen) atoms. The summed E-state index contributed by atoms with van der Waals surface area (Å²) >= 11 is 0. The highest BCUT2D eigenvalue weighted by Crippen LogP contribution is 2.44. The molecule has 2 aliphatic rings. The molecule has 3 rings (SSSR count). The number of anilines is 1. The highest BCUT2D eigenvalue weighted by molar-refractivity contribution is 5.88. The van der Waals surface area contributed by atoms with E-state index in [1.165, 1.54) is 12.8 Å². The summed E-state index contributed by atoms with van der Waals surface area (Å²) in [6, 6.07) is 2.13. The Hall–Kier alpha value is -1.62. The minimum atomic E-state index is -0.389. The Morgan fingerprint density at radius 2 is 2.30 bits per heavy atom. The van der Waals surface area contributed by atoms with Gasteiger partial charge in [-0.15, -0.1) is 0 Å². The first-order valence-corrected chi connectivity index (χ1v) is 7.31. The monoisotopic (exact) mass is 275 g/mol. The molecule has 1 aromatic rings. The second-order valence-corrected chi connectivity index (χ2v) is 5.77. The van der Waals surface area contributed by atoms with Crippen LogP contribution in [0.5, 0.6) is 0 Å². The van der Waals surface area contributed by atoms with Crippen molar-refractivity contribution in [2.75, 3.05) is 11.9 Å². The lowest BCUT2D eigenvalue weighted by Gasteiger charge is -2.37. The summed E-state index contributed by atoms with van der Waals surface area (Å²) in [5.41, 5.74) is 8.63. The summed E-state index contributed by atoms with van der Waals surface area (Å²) in [7, 11) is 0. The van der Waals surface area contributed by atoms with Crippen molar-refractivity contribution < 1.29 is 9.53 Å². The summed E-state index contributed by atoms with van der Waals surface area (Å²) in [6.45, 7) is 4.31. The van der Waals surface area contributed by atoms with Crippen LogP contribution < -0.4 is 11.1 Å². The molecule has 0 amide bonds. The molecule has 3 unspecified atom stereocenters. The van der Waals surface area contributed by atoms with Crippen LogP contribution in [0, 0.1) is 11.8 Å². The van der Waals surface area contributed by atoms with Gasteiger partial charge in [0.15, 0.2) is 0 Å². The van der Waals surface area contributed by atoms with Crippen molar-refractivity contribution in [1.29, 1.82) is 0 Å². The molecule has 5 heteroatoms. The van der Waals surface area contributed by atoms with Crippen LogP contribution >= 0.6 is 0 Å². The SMILES string of the molecule is CCOC(=O)c1cc2c(cn1)NC(C1CC1)C(C)C2N. The number of carbonyl (C=O) groups is 1. The molecule has 3 atom stereocenters. The lowest BCUT2D eigenvalue weighted by Crippen LogP contribution is -2.41. The molecule has 3 N–H and O–H groups in total. The van der Waals surface area contributed by atoms with Gasteiger partial charge in [0.25, 0.3) is 0 Å². The molecule has 1 aliphatic heterocycles. The van der Waals surface area contributed by atoms with Crippen LogP contribution in [-0.2, 0) is 4.74 Å². The van der Waals surface area contributed by atoms with Crippen LogP contribution in [0.2, 0.25) is 0 Å². The van der Waals surface area contributed by atoms with Gasteiger partial charge in [-0.05, 0) is 43.2 Å². The van der Waals surface area contributed by atoms with Crippen LogP contribution in [0.3, 0.4) is 0 Å². The number of aromatic nitrogens is 1. The number of hydrogen-bond donors (Lipinski definition) is 2. The summed E-state index contributed by atoms with van der Waals surface area (Å²) in [4.78, 5) is 15.9. The molecule has 0 aromatic carbocycles. The Balaban J connectivity index is 1.89. The molecule has 1 aromatic heterocycles. The molecule has 5 nitrogen and oxygen atoms in total. The van der Waals surface area contributed by atoms with Crippen molar-refractivity contribution in [1.82, 2.24) is 4.98 Å². The number of nitrogens with two attached hydrogens (primary N) is 1. The van der Waals surface area contributed by atoms with Gasteiger partial charge in [-0.3, -0.25) is 0 Å². The molecular formula is C15H21N3O2. The zero-order valence-corrected chi connectivity index (χ0v) is 11.9. The molecule has 0 spiro atoms. The van der Waals surface area contributed by atoms with Crippen LogP contribution in [0.25, 0.3) is 0 Å². The fraction of sp³-hybridized carbons (Fsp3) is 0.600. The van der Waals surface area contributed by atoms with E-state index in [-0.39, 0.29) is 12.0 Å². The average Bonchev–Trinajstić information content (AvgIpc) is 3.27. The Morgan fingerprint density at radius 3 is 2.95 bits per heavy atom. The summed E-state index contributed by atoms with van der Waals surface area (Å²) in [5.74, 6) is 0.695. The maximum Gasteiger partial charge on any atom is 0.356 e. The van der Waals surface area contributed by atoms with Gasteiger partial charge in [0, 0.05) is 12.1 Å². The first kappa shape index (κ1) is 13.4. The third-order valence-electron chi connectivity index (χ3n) is 4.36. The van der Waals surface area contributed by atoms with Gasteiger partial charge < -0.3 is 15.8 Å². The fourth-order valence-corrected chi connectivity index (χ4v) is 3.00. The van der Waals surface area contributed by atoms with E-state index in [2.05, 4.69) is 17.2 Å². The Kier molecular flexibility index (Phi) is 3.38.